The summed E-state index contributed by atoms with van der Waals surface area (Å²) in [5.74, 6) is -1.16. The second-order valence-electron chi connectivity index (χ2n) is 7.76. The molecule has 0 saturated carbocycles. The van der Waals surface area contributed by atoms with Gasteiger partial charge in [0.1, 0.15) is 5.82 Å². The molecule has 6 heteroatoms. The molecule has 0 aliphatic carbocycles. The number of aromatic amines is 1. The average molecular weight is 411 g/mol. The highest BCUT2D eigenvalue weighted by Crippen LogP contribution is 2.38. The first-order valence-corrected chi connectivity index (χ1v) is 9.93. The SMILES string of the molecule is CC(C)c1cccc2[nH]c(/C=C/[C@@H](O)C[C@@H](O)CC(=O)O)c(-c3ccc(F)cc3)c12. The van der Waals surface area contributed by atoms with Crippen LogP contribution in [0.4, 0.5) is 4.39 Å². The van der Waals surface area contributed by atoms with E-state index in [0.29, 0.717) is 0 Å². The molecule has 5 nitrogen and oxygen atoms in total. The van der Waals surface area contributed by atoms with E-state index < -0.39 is 24.6 Å². The summed E-state index contributed by atoms with van der Waals surface area (Å²) in [6.07, 6.45) is 0.617. The van der Waals surface area contributed by atoms with Crippen LogP contribution in [-0.2, 0) is 4.79 Å². The predicted octanol–water partition coefficient (Wildman–Crippen LogP) is 4.70. The summed E-state index contributed by atoms with van der Waals surface area (Å²) in [7, 11) is 0. The number of hydrogen-bond donors (Lipinski definition) is 4. The molecule has 0 spiro atoms. The molecule has 0 aliphatic heterocycles. The molecule has 158 valence electrons. The van der Waals surface area contributed by atoms with Gasteiger partial charge in [-0.3, -0.25) is 4.79 Å². The van der Waals surface area contributed by atoms with Crippen LogP contribution in [-0.4, -0.2) is 38.5 Å². The van der Waals surface area contributed by atoms with Gasteiger partial charge >= 0.3 is 5.97 Å². The van der Waals surface area contributed by atoms with E-state index in [0.717, 1.165) is 33.3 Å². The van der Waals surface area contributed by atoms with E-state index in [-0.39, 0.29) is 18.2 Å². The Balaban J connectivity index is 2.04. The molecule has 3 rings (SSSR count). The number of halogens is 1. The van der Waals surface area contributed by atoms with Gasteiger partial charge in [0.15, 0.2) is 0 Å². The van der Waals surface area contributed by atoms with Crippen LogP contribution in [0.1, 0.15) is 43.9 Å². The minimum absolute atomic E-state index is 0.0772. The topological polar surface area (TPSA) is 93.5 Å². The molecule has 3 aromatic rings. The maximum absolute atomic E-state index is 13.5. The molecule has 1 aromatic heterocycles. The second-order valence-corrected chi connectivity index (χ2v) is 7.76. The Hall–Kier alpha value is -2.96. The van der Waals surface area contributed by atoms with Crippen molar-refractivity contribution in [3.05, 3.63) is 65.6 Å². The smallest absolute Gasteiger partial charge is 0.305 e. The number of rotatable bonds is 8. The van der Waals surface area contributed by atoms with Gasteiger partial charge in [0.2, 0.25) is 0 Å². The van der Waals surface area contributed by atoms with Crippen LogP contribution in [0, 0.1) is 5.82 Å². The van der Waals surface area contributed by atoms with Crippen molar-refractivity contribution >= 4 is 22.9 Å². The molecule has 2 aromatic carbocycles. The second kappa shape index (κ2) is 9.24. The minimum atomic E-state index is -1.13. The average Bonchev–Trinajstić information content (AvgIpc) is 3.04. The van der Waals surface area contributed by atoms with Crippen LogP contribution >= 0.6 is 0 Å². The zero-order valence-electron chi connectivity index (χ0n) is 17.0. The Kier molecular flexibility index (Phi) is 6.70. The Morgan fingerprint density at radius 3 is 2.47 bits per heavy atom. The largest absolute Gasteiger partial charge is 0.481 e. The lowest BCUT2D eigenvalue weighted by Gasteiger charge is -2.11. The van der Waals surface area contributed by atoms with Gasteiger partial charge in [0.05, 0.1) is 18.6 Å². The molecule has 0 amide bonds. The number of aliphatic hydroxyl groups excluding tert-OH is 2. The van der Waals surface area contributed by atoms with E-state index in [1.165, 1.54) is 18.2 Å². The molecule has 2 atom stereocenters. The van der Waals surface area contributed by atoms with E-state index in [1.54, 1.807) is 18.2 Å². The van der Waals surface area contributed by atoms with Crippen LogP contribution in [0.2, 0.25) is 0 Å². The fraction of sp³-hybridized carbons (Fsp3) is 0.292. The molecular weight excluding hydrogens is 385 g/mol. The number of aliphatic carboxylic acids is 1. The number of nitrogens with one attached hydrogen (secondary N) is 1. The fourth-order valence-electron chi connectivity index (χ4n) is 3.67. The summed E-state index contributed by atoms with van der Waals surface area (Å²) < 4.78 is 13.5. The Morgan fingerprint density at radius 2 is 1.83 bits per heavy atom. The maximum Gasteiger partial charge on any atom is 0.305 e. The molecule has 0 saturated heterocycles. The van der Waals surface area contributed by atoms with Crippen LogP contribution < -0.4 is 0 Å². The van der Waals surface area contributed by atoms with Crippen molar-refractivity contribution in [3.8, 4) is 11.1 Å². The Bertz CT molecular complexity index is 1050. The molecule has 0 aliphatic rings. The van der Waals surface area contributed by atoms with Crippen LogP contribution in [0.25, 0.3) is 28.1 Å². The Labute approximate surface area is 174 Å². The third-order valence-corrected chi connectivity index (χ3v) is 5.05. The summed E-state index contributed by atoms with van der Waals surface area (Å²) >= 11 is 0. The standard InChI is InChI=1S/C24H26FNO4/c1-14(2)19-4-3-5-20-24(19)23(15-6-8-16(25)9-7-15)21(26-20)11-10-17(27)12-18(28)13-22(29)30/h3-11,14,17-18,26-28H,12-13H2,1-2H3,(H,29,30)/b11-10+/t17-,18-/m1/s1. The van der Waals surface area contributed by atoms with Crippen LogP contribution in [0.3, 0.4) is 0 Å². The van der Waals surface area contributed by atoms with Crippen LogP contribution in [0.5, 0.6) is 0 Å². The number of benzene rings is 2. The van der Waals surface area contributed by atoms with E-state index in [1.807, 2.05) is 12.1 Å². The van der Waals surface area contributed by atoms with Gasteiger partial charge in [-0.25, -0.2) is 4.39 Å². The quantitative estimate of drug-likeness (QED) is 0.432. The van der Waals surface area contributed by atoms with E-state index in [4.69, 9.17) is 5.11 Å². The first-order valence-electron chi connectivity index (χ1n) is 9.93. The zero-order valence-corrected chi connectivity index (χ0v) is 17.0. The van der Waals surface area contributed by atoms with Crippen molar-refractivity contribution in [2.75, 3.05) is 0 Å². The predicted molar refractivity (Wildman–Crippen MR) is 116 cm³/mol. The number of carboxylic acids is 1. The number of fused-ring (bicyclic) bond motifs is 1. The van der Waals surface area contributed by atoms with Gasteiger partial charge < -0.3 is 20.3 Å². The number of hydrogen-bond acceptors (Lipinski definition) is 3. The third-order valence-electron chi connectivity index (χ3n) is 5.05. The van der Waals surface area contributed by atoms with Crippen molar-refractivity contribution in [3.63, 3.8) is 0 Å². The highest BCUT2D eigenvalue weighted by Gasteiger charge is 2.18. The van der Waals surface area contributed by atoms with E-state index >= 15 is 0 Å². The number of carboxylic acid groups (broad SMARTS) is 1. The summed E-state index contributed by atoms with van der Waals surface area (Å²) in [4.78, 5) is 14.1. The molecule has 0 radical (unpaired) electrons. The number of H-pyrrole nitrogens is 1. The summed E-state index contributed by atoms with van der Waals surface area (Å²) in [6, 6.07) is 12.3. The van der Waals surface area contributed by atoms with Crippen molar-refractivity contribution in [1.82, 2.24) is 4.98 Å². The van der Waals surface area contributed by atoms with E-state index in [2.05, 4.69) is 24.9 Å². The molecule has 1 heterocycles. The lowest BCUT2D eigenvalue weighted by Crippen LogP contribution is -2.19. The monoisotopic (exact) mass is 411 g/mol. The first-order chi connectivity index (χ1) is 14.3. The lowest BCUT2D eigenvalue weighted by molar-refractivity contribution is -0.139. The number of aromatic nitrogens is 1. The molecular formula is C24H26FNO4. The molecule has 30 heavy (non-hydrogen) atoms. The van der Waals surface area contributed by atoms with Gasteiger partial charge in [-0.1, -0.05) is 44.2 Å². The van der Waals surface area contributed by atoms with E-state index in [9.17, 15) is 19.4 Å². The molecule has 0 bridgehead atoms. The highest BCUT2D eigenvalue weighted by atomic mass is 19.1. The fourth-order valence-corrected chi connectivity index (χ4v) is 3.67. The Morgan fingerprint density at radius 1 is 1.13 bits per heavy atom. The van der Waals surface area contributed by atoms with Gasteiger partial charge in [0, 0.05) is 28.6 Å². The summed E-state index contributed by atoms with van der Waals surface area (Å²) in [5.41, 5.74) is 4.58. The van der Waals surface area contributed by atoms with Gasteiger partial charge in [0.25, 0.3) is 0 Å². The highest BCUT2D eigenvalue weighted by molar-refractivity contribution is 6.02. The molecule has 0 fully saturated rings. The normalized spacial score (nSPS) is 13.9. The van der Waals surface area contributed by atoms with Crippen molar-refractivity contribution in [2.45, 2.75) is 44.8 Å². The van der Waals surface area contributed by atoms with Crippen molar-refractivity contribution < 1.29 is 24.5 Å². The minimum Gasteiger partial charge on any atom is -0.481 e. The van der Waals surface area contributed by atoms with Crippen LogP contribution in [0.15, 0.2) is 48.5 Å². The maximum atomic E-state index is 13.5. The first kappa shape index (κ1) is 21.7. The van der Waals surface area contributed by atoms with Gasteiger partial charge in [-0.05, 0) is 41.3 Å². The third kappa shape index (κ3) is 4.96. The lowest BCUT2D eigenvalue weighted by atomic mass is 9.93. The summed E-state index contributed by atoms with van der Waals surface area (Å²) in [6.45, 7) is 4.22. The summed E-state index contributed by atoms with van der Waals surface area (Å²) in [5, 5.41) is 29.7. The van der Waals surface area contributed by atoms with Crippen molar-refractivity contribution in [1.29, 1.82) is 0 Å². The molecule has 4 N–H and O–H groups in total. The number of aliphatic hydroxyl groups is 2. The van der Waals surface area contributed by atoms with Crippen molar-refractivity contribution in [2.24, 2.45) is 0 Å². The molecule has 0 unspecified atom stereocenters. The van der Waals surface area contributed by atoms with Gasteiger partial charge in [-0.15, -0.1) is 0 Å². The zero-order chi connectivity index (χ0) is 21.8. The number of carbonyl (C=O) groups is 1. The van der Waals surface area contributed by atoms with Gasteiger partial charge in [-0.2, -0.15) is 0 Å².